The molecule has 150 valence electrons. The number of amides is 2. The number of sulfone groups is 1. The van der Waals surface area contributed by atoms with Crippen LogP contribution in [0.25, 0.3) is 0 Å². The second-order valence-electron chi connectivity index (χ2n) is 7.38. The lowest BCUT2D eigenvalue weighted by atomic mass is 9.83. The minimum Gasteiger partial charge on any atom is -0.379 e. The van der Waals surface area contributed by atoms with Crippen molar-refractivity contribution >= 4 is 21.7 Å². The number of rotatable bonds is 5. The van der Waals surface area contributed by atoms with Crippen molar-refractivity contribution in [3.05, 3.63) is 24.0 Å². The topological polar surface area (TPSA) is 117 Å². The average Bonchev–Trinajstić information content (AvgIpc) is 3.18. The third-order valence-electron chi connectivity index (χ3n) is 5.53. The Bertz CT molecular complexity index is 748. The molecular formula is C18H27N3O5S. The Morgan fingerprint density at radius 3 is 2.52 bits per heavy atom. The van der Waals surface area contributed by atoms with Gasteiger partial charge in [0, 0.05) is 25.3 Å². The van der Waals surface area contributed by atoms with Crippen LogP contribution >= 0.6 is 0 Å². The first-order chi connectivity index (χ1) is 12.9. The van der Waals surface area contributed by atoms with Crippen LogP contribution in [0.15, 0.2) is 18.3 Å². The molecule has 2 aliphatic rings. The van der Waals surface area contributed by atoms with Crippen molar-refractivity contribution in [3.63, 3.8) is 0 Å². The van der Waals surface area contributed by atoms with Crippen LogP contribution < -0.4 is 10.6 Å². The molecule has 1 aliphatic carbocycles. The molecule has 0 unspecified atom stereocenters. The molecule has 0 radical (unpaired) electrons. The second-order valence-corrected chi connectivity index (χ2v) is 9.69. The van der Waals surface area contributed by atoms with Crippen LogP contribution in [0, 0.1) is 5.92 Å². The van der Waals surface area contributed by atoms with E-state index in [0.29, 0.717) is 37.8 Å². The maximum Gasteiger partial charge on any atom is 0.267 e. The van der Waals surface area contributed by atoms with Crippen LogP contribution in [0.4, 0.5) is 0 Å². The van der Waals surface area contributed by atoms with Crippen LogP contribution in [-0.4, -0.2) is 62.0 Å². The minimum absolute atomic E-state index is 0.0458. The average molecular weight is 397 g/mol. The molecule has 1 aliphatic heterocycles. The van der Waals surface area contributed by atoms with Crippen LogP contribution in [0.2, 0.25) is 0 Å². The molecule has 1 saturated carbocycles. The van der Waals surface area contributed by atoms with Crippen LogP contribution in [0.3, 0.4) is 0 Å². The van der Waals surface area contributed by atoms with E-state index in [4.69, 9.17) is 4.74 Å². The predicted octanol–water partition coefficient (Wildman–Crippen LogP) is 0.622. The van der Waals surface area contributed by atoms with Crippen molar-refractivity contribution in [1.82, 2.24) is 15.6 Å². The van der Waals surface area contributed by atoms with Gasteiger partial charge in [-0.3, -0.25) is 9.59 Å². The Kier molecular flexibility index (Phi) is 6.21. The minimum atomic E-state index is -2.94. The summed E-state index contributed by atoms with van der Waals surface area (Å²) in [6.07, 6.45) is 4.25. The number of methoxy groups -OCH3 is 1. The summed E-state index contributed by atoms with van der Waals surface area (Å²) in [5, 5.41) is 5.98. The predicted molar refractivity (Wildman–Crippen MR) is 100 cm³/mol. The maximum absolute atomic E-state index is 12.6. The molecule has 0 spiro atoms. The molecule has 3 atom stereocenters. The van der Waals surface area contributed by atoms with Gasteiger partial charge in [0.1, 0.15) is 15.5 Å². The Labute approximate surface area is 159 Å². The fourth-order valence-corrected chi connectivity index (χ4v) is 5.36. The normalized spacial score (nSPS) is 28.4. The van der Waals surface area contributed by atoms with Crippen molar-refractivity contribution < 1.29 is 22.7 Å². The van der Waals surface area contributed by atoms with E-state index in [0.717, 1.165) is 0 Å². The van der Waals surface area contributed by atoms with Crippen molar-refractivity contribution in [2.75, 3.05) is 18.6 Å². The molecule has 2 fully saturated rings. The molecular weight excluding hydrogens is 370 g/mol. The number of hydrogen-bond acceptors (Lipinski definition) is 5. The molecule has 27 heavy (non-hydrogen) atoms. The Balaban J connectivity index is 1.51. The quantitative estimate of drug-likeness (QED) is 0.673. The SMILES string of the molecule is CO[C@H]1C[C@@H](C(=O)NC2CCS(=O)(=O)CC2)CC[C@@H]1NC(=O)c1ccc[nH]1. The number of carbonyl (C=O) groups is 2. The molecule has 0 bridgehead atoms. The summed E-state index contributed by atoms with van der Waals surface area (Å²) < 4.78 is 28.6. The van der Waals surface area contributed by atoms with E-state index >= 15 is 0 Å². The van der Waals surface area contributed by atoms with Crippen molar-refractivity contribution in [2.45, 2.75) is 50.3 Å². The highest BCUT2D eigenvalue weighted by Gasteiger charge is 2.36. The zero-order valence-corrected chi connectivity index (χ0v) is 16.3. The van der Waals surface area contributed by atoms with Crippen LogP contribution in [0.5, 0.6) is 0 Å². The Hall–Kier alpha value is -1.87. The maximum atomic E-state index is 12.6. The zero-order chi connectivity index (χ0) is 19.4. The van der Waals surface area contributed by atoms with Gasteiger partial charge in [-0.1, -0.05) is 0 Å². The molecule has 1 aromatic rings. The number of ether oxygens (including phenoxy) is 1. The largest absolute Gasteiger partial charge is 0.379 e. The lowest BCUT2D eigenvalue weighted by Gasteiger charge is -2.35. The molecule has 3 N–H and O–H groups in total. The molecule has 3 rings (SSSR count). The van der Waals surface area contributed by atoms with Gasteiger partial charge in [-0.15, -0.1) is 0 Å². The number of hydrogen-bond donors (Lipinski definition) is 3. The highest BCUT2D eigenvalue weighted by atomic mass is 32.2. The van der Waals surface area contributed by atoms with Gasteiger partial charge in [-0.05, 0) is 44.2 Å². The van der Waals surface area contributed by atoms with E-state index in [1.807, 2.05) is 0 Å². The Morgan fingerprint density at radius 2 is 1.89 bits per heavy atom. The highest BCUT2D eigenvalue weighted by Crippen LogP contribution is 2.27. The van der Waals surface area contributed by atoms with Gasteiger partial charge >= 0.3 is 0 Å². The number of carbonyl (C=O) groups excluding carboxylic acids is 2. The molecule has 1 saturated heterocycles. The first kappa shape index (κ1) is 19.9. The molecule has 2 heterocycles. The summed E-state index contributed by atoms with van der Waals surface area (Å²) in [7, 11) is -1.35. The molecule has 2 amide bonds. The van der Waals surface area contributed by atoms with Gasteiger partial charge in [-0.25, -0.2) is 8.42 Å². The smallest absolute Gasteiger partial charge is 0.267 e. The van der Waals surface area contributed by atoms with Crippen molar-refractivity contribution in [1.29, 1.82) is 0 Å². The lowest BCUT2D eigenvalue weighted by molar-refractivity contribution is -0.128. The molecule has 9 heteroatoms. The zero-order valence-electron chi connectivity index (χ0n) is 15.4. The van der Waals surface area contributed by atoms with Gasteiger partial charge in [0.05, 0.1) is 23.7 Å². The standard InChI is InChI=1S/C18H27N3O5S/c1-26-16-11-12(17(22)20-13-6-9-27(24,25)10-7-13)4-5-14(16)21-18(23)15-3-2-8-19-15/h2-3,8,12-14,16,19H,4-7,9-11H2,1H3,(H,20,22)(H,21,23)/t12-,14-,16-/m0/s1. The fourth-order valence-electron chi connectivity index (χ4n) is 3.86. The van der Waals surface area contributed by atoms with Crippen molar-refractivity contribution in [3.8, 4) is 0 Å². The van der Waals surface area contributed by atoms with Crippen LogP contribution in [-0.2, 0) is 19.4 Å². The summed E-state index contributed by atoms with van der Waals surface area (Å²) in [5.74, 6) is -0.146. The van der Waals surface area contributed by atoms with Gasteiger partial charge in [0.25, 0.3) is 5.91 Å². The van der Waals surface area contributed by atoms with Crippen molar-refractivity contribution in [2.24, 2.45) is 5.92 Å². The highest BCUT2D eigenvalue weighted by molar-refractivity contribution is 7.91. The lowest BCUT2D eigenvalue weighted by Crippen LogP contribution is -2.51. The number of nitrogens with one attached hydrogen (secondary N) is 3. The van der Waals surface area contributed by atoms with Crippen LogP contribution in [0.1, 0.15) is 42.6 Å². The van der Waals surface area contributed by atoms with E-state index in [-0.39, 0.29) is 47.4 Å². The molecule has 8 nitrogen and oxygen atoms in total. The number of aromatic nitrogens is 1. The van der Waals surface area contributed by atoms with E-state index in [9.17, 15) is 18.0 Å². The number of aromatic amines is 1. The van der Waals surface area contributed by atoms with Gasteiger partial charge in [-0.2, -0.15) is 0 Å². The van der Waals surface area contributed by atoms with E-state index in [1.54, 1.807) is 25.4 Å². The van der Waals surface area contributed by atoms with Gasteiger partial charge in [0.15, 0.2) is 0 Å². The molecule has 0 aromatic carbocycles. The van der Waals surface area contributed by atoms with E-state index in [1.165, 1.54) is 0 Å². The summed E-state index contributed by atoms with van der Waals surface area (Å²) in [6.45, 7) is 0. The second kappa shape index (κ2) is 8.43. The third-order valence-corrected chi connectivity index (χ3v) is 7.24. The van der Waals surface area contributed by atoms with E-state index < -0.39 is 9.84 Å². The van der Waals surface area contributed by atoms with Gasteiger partial charge in [0.2, 0.25) is 5.91 Å². The number of H-pyrrole nitrogens is 1. The summed E-state index contributed by atoms with van der Waals surface area (Å²) in [4.78, 5) is 27.7. The monoisotopic (exact) mass is 397 g/mol. The Morgan fingerprint density at radius 1 is 1.15 bits per heavy atom. The first-order valence-corrected chi connectivity index (χ1v) is 11.2. The summed E-state index contributed by atoms with van der Waals surface area (Å²) >= 11 is 0. The fraction of sp³-hybridized carbons (Fsp3) is 0.667. The third kappa shape index (κ3) is 5.10. The molecule has 1 aromatic heterocycles. The summed E-state index contributed by atoms with van der Waals surface area (Å²) in [5.41, 5.74) is 0.497. The first-order valence-electron chi connectivity index (χ1n) is 9.36. The van der Waals surface area contributed by atoms with Gasteiger partial charge < -0.3 is 20.4 Å². The summed E-state index contributed by atoms with van der Waals surface area (Å²) in [6, 6.07) is 3.25. The van der Waals surface area contributed by atoms with E-state index in [2.05, 4.69) is 15.6 Å².